The molecule has 0 aromatic heterocycles. The second-order valence-corrected chi connectivity index (χ2v) is 7.58. The van der Waals surface area contributed by atoms with Crippen LogP contribution >= 0.6 is 0 Å². The maximum atomic E-state index is 12.2. The Labute approximate surface area is 127 Å². The van der Waals surface area contributed by atoms with E-state index in [1.54, 1.807) is 4.90 Å². The van der Waals surface area contributed by atoms with Gasteiger partial charge < -0.3 is 10.1 Å². The molecule has 1 heterocycles. The Balaban J connectivity index is 1.55. The average Bonchev–Trinajstić information content (AvgIpc) is 3.26. The predicted molar refractivity (Wildman–Crippen MR) is 82.5 cm³/mol. The molecule has 118 valence electrons. The van der Waals surface area contributed by atoms with Crippen LogP contribution in [-0.4, -0.2) is 48.1 Å². The number of aliphatic imine (C=N–C) groups is 1. The van der Waals surface area contributed by atoms with Gasteiger partial charge in [-0.3, -0.25) is 9.89 Å². The maximum Gasteiger partial charge on any atom is 0.410 e. The second kappa shape index (κ2) is 5.50. The van der Waals surface area contributed by atoms with E-state index >= 15 is 0 Å². The number of amidine groups is 1. The second-order valence-electron chi connectivity index (χ2n) is 7.58. The van der Waals surface area contributed by atoms with E-state index in [0.717, 1.165) is 17.7 Å². The molecule has 0 atom stereocenters. The van der Waals surface area contributed by atoms with Crippen LogP contribution in [0.4, 0.5) is 4.79 Å². The predicted octanol–water partition coefficient (Wildman–Crippen LogP) is 2.41. The van der Waals surface area contributed by atoms with Crippen LogP contribution in [0.1, 0.15) is 46.5 Å². The minimum atomic E-state index is -0.441. The van der Waals surface area contributed by atoms with Gasteiger partial charge in [-0.1, -0.05) is 0 Å². The number of hydrogen-bond acceptors (Lipinski definition) is 4. The van der Waals surface area contributed by atoms with Gasteiger partial charge in [-0.25, -0.2) is 4.79 Å². The summed E-state index contributed by atoms with van der Waals surface area (Å²) in [5.74, 6) is 2.63. The van der Waals surface area contributed by atoms with Gasteiger partial charge in [0, 0.05) is 12.6 Å². The first kappa shape index (κ1) is 14.7. The molecule has 5 nitrogen and oxygen atoms in total. The molecule has 0 aromatic rings. The van der Waals surface area contributed by atoms with Crippen molar-refractivity contribution in [3.05, 3.63) is 0 Å². The SMILES string of the molecule is CC(C)(C)OC(=O)N1CCN=C(NC(C2CC2)C2CC2)C1. The van der Waals surface area contributed by atoms with Crippen LogP contribution in [0.15, 0.2) is 4.99 Å². The summed E-state index contributed by atoms with van der Waals surface area (Å²) in [6.45, 7) is 7.58. The molecule has 0 spiro atoms. The van der Waals surface area contributed by atoms with E-state index in [0.29, 0.717) is 25.7 Å². The molecule has 3 rings (SSSR count). The summed E-state index contributed by atoms with van der Waals surface area (Å²) in [6, 6.07) is 0.585. The van der Waals surface area contributed by atoms with Gasteiger partial charge in [0.15, 0.2) is 0 Å². The summed E-state index contributed by atoms with van der Waals surface area (Å²) in [5, 5.41) is 3.63. The van der Waals surface area contributed by atoms with Crippen molar-refractivity contribution in [3.63, 3.8) is 0 Å². The first-order valence-corrected chi connectivity index (χ1v) is 8.20. The van der Waals surface area contributed by atoms with Crippen molar-refractivity contribution in [1.82, 2.24) is 10.2 Å². The Morgan fingerprint density at radius 3 is 2.43 bits per heavy atom. The minimum Gasteiger partial charge on any atom is -0.444 e. The van der Waals surface area contributed by atoms with Crippen molar-refractivity contribution in [1.29, 1.82) is 0 Å². The zero-order valence-electron chi connectivity index (χ0n) is 13.4. The molecule has 2 aliphatic carbocycles. The summed E-state index contributed by atoms with van der Waals surface area (Å²) in [6.07, 6.45) is 5.15. The molecule has 5 heteroatoms. The minimum absolute atomic E-state index is 0.230. The maximum absolute atomic E-state index is 12.2. The monoisotopic (exact) mass is 293 g/mol. The van der Waals surface area contributed by atoms with Gasteiger partial charge in [0.2, 0.25) is 0 Å². The van der Waals surface area contributed by atoms with Crippen LogP contribution in [0.25, 0.3) is 0 Å². The molecular weight excluding hydrogens is 266 g/mol. The number of nitrogens with one attached hydrogen (secondary N) is 1. The number of amides is 1. The van der Waals surface area contributed by atoms with Gasteiger partial charge >= 0.3 is 6.09 Å². The zero-order chi connectivity index (χ0) is 15.0. The molecule has 2 saturated carbocycles. The van der Waals surface area contributed by atoms with Crippen LogP contribution in [0.2, 0.25) is 0 Å². The zero-order valence-corrected chi connectivity index (χ0v) is 13.4. The van der Waals surface area contributed by atoms with Crippen LogP contribution in [0.5, 0.6) is 0 Å². The molecule has 0 bridgehead atoms. The number of ether oxygens (including phenoxy) is 1. The van der Waals surface area contributed by atoms with Gasteiger partial charge in [0.1, 0.15) is 11.4 Å². The quantitative estimate of drug-likeness (QED) is 0.869. The fourth-order valence-electron chi connectivity index (χ4n) is 2.91. The van der Waals surface area contributed by atoms with E-state index in [4.69, 9.17) is 4.74 Å². The van der Waals surface area contributed by atoms with Crippen molar-refractivity contribution in [3.8, 4) is 0 Å². The molecule has 0 unspecified atom stereocenters. The number of carbonyl (C=O) groups is 1. The molecule has 3 aliphatic rings. The third kappa shape index (κ3) is 4.11. The number of nitrogens with zero attached hydrogens (tertiary/aromatic N) is 2. The summed E-state index contributed by atoms with van der Waals surface area (Å²) in [7, 11) is 0. The molecular formula is C16H27N3O2. The Kier molecular flexibility index (Phi) is 3.84. The molecule has 1 amide bonds. The molecule has 21 heavy (non-hydrogen) atoms. The molecule has 1 N–H and O–H groups in total. The van der Waals surface area contributed by atoms with Gasteiger partial charge in [0.25, 0.3) is 0 Å². The smallest absolute Gasteiger partial charge is 0.410 e. The summed E-state index contributed by atoms with van der Waals surface area (Å²) < 4.78 is 5.45. The lowest BCUT2D eigenvalue weighted by atomic mass is 10.1. The standard InChI is InChI=1S/C16H27N3O2/c1-16(2,3)21-15(20)19-9-8-17-13(10-19)18-14(11-4-5-11)12-6-7-12/h11-12,14H,4-10H2,1-3H3,(H,17,18). The molecule has 0 aromatic carbocycles. The topological polar surface area (TPSA) is 53.9 Å². The number of rotatable bonds is 3. The molecule has 2 fully saturated rings. The van der Waals surface area contributed by atoms with E-state index < -0.39 is 5.60 Å². The van der Waals surface area contributed by atoms with Crippen molar-refractivity contribution in [2.75, 3.05) is 19.6 Å². The lowest BCUT2D eigenvalue weighted by Gasteiger charge is -2.31. The molecule has 0 radical (unpaired) electrons. The molecule has 0 saturated heterocycles. The fourth-order valence-corrected chi connectivity index (χ4v) is 2.91. The van der Waals surface area contributed by atoms with E-state index in [1.807, 2.05) is 20.8 Å². The van der Waals surface area contributed by atoms with Crippen molar-refractivity contribution < 1.29 is 9.53 Å². The first-order chi connectivity index (χ1) is 9.92. The fraction of sp³-hybridized carbons (Fsp3) is 0.875. The normalized spacial score (nSPS) is 23.0. The number of carbonyl (C=O) groups excluding carboxylic acids is 1. The van der Waals surface area contributed by atoms with Crippen molar-refractivity contribution >= 4 is 11.9 Å². The van der Waals surface area contributed by atoms with Crippen molar-refractivity contribution in [2.24, 2.45) is 16.8 Å². The summed E-state index contributed by atoms with van der Waals surface area (Å²) >= 11 is 0. The highest BCUT2D eigenvalue weighted by atomic mass is 16.6. The van der Waals surface area contributed by atoms with Crippen LogP contribution in [0.3, 0.4) is 0 Å². The lowest BCUT2D eigenvalue weighted by Crippen LogP contribution is -2.50. The lowest BCUT2D eigenvalue weighted by molar-refractivity contribution is 0.0276. The Morgan fingerprint density at radius 1 is 1.29 bits per heavy atom. The van der Waals surface area contributed by atoms with Crippen LogP contribution < -0.4 is 5.32 Å². The van der Waals surface area contributed by atoms with Crippen LogP contribution in [0, 0.1) is 11.8 Å². The van der Waals surface area contributed by atoms with Crippen molar-refractivity contribution in [2.45, 2.75) is 58.1 Å². The average molecular weight is 293 g/mol. The van der Waals surface area contributed by atoms with E-state index in [-0.39, 0.29) is 6.09 Å². The Hall–Kier alpha value is -1.26. The van der Waals surface area contributed by atoms with Gasteiger partial charge in [0.05, 0.1) is 13.1 Å². The number of hydrogen-bond donors (Lipinski definition) is 1. The Morgan fingerprint density at radius 2 is 1.90 bits per heavy atom. The largest absolute Gasteiger partial charge is 0.444 e. The van der Waals surface area contributed by atoms with Gasteiger partial charge in [-0.2, -0.15) is 0 Å². The Bertz CT molecular complexity index is 421. The summed E-state index contributed by atoms with van der Waals surface area (Å²) in [4.78, 5) is 18.5. The molecule has 1 aliphatic heterocycles. The van der Waals surface area contributed by atoms with E-state index in [1.165, 1.54) is 25.7 Å². The van der Waals surface area contributed by atoms with Crippen LogP contribution in [-0.2, 0) is 4.74 Å². The first-order valence-electron chi connectivity index (χ1n) is 8.20. The van der Waals surface area contributed by atoms with E-state index in [2.05, 4.69) is 10.3 Å². The highest BCUT2D eigenvalue weighted by Gasteiger charge is 2.42. The van der Waals surface area contributed by atoms with Gasteiger partial charge in [-0.05, 0) is 58.3 Å². The highest BCUT2D eigenvalue weighted by molar-refractivity contribution is 5.88. The van der Waals surface area contributed by atoms with E-state index in [9.17, 15) is 4.79 Å². The third-order valence-corrected chi connectivity index (χ3v) is 4.26. The van der Waals surface area contributed by atoms with Gasteiger partial charge in [-0.15, -0.1) is 0 Å². The summed E-state index contributed by atoms with van der Waals surface area (Å²) in [5.41, 5.74) is -0.441. The third-order valence-electron chi connectivity index (χ3n) is 4.26. The highest BCUT2D eigenvalue weighted by Crippen LogP contribution is 2.44.